The van der Waals surface area contributed by atoms with Crippen molar-refractivity contribution in [3.05, 3.63) is 28.8 Å². The van der Waals surface area contributed by atoms with Gasteiger partial charge in [0, 0.05) is 23.3 Å². The molecule has 1 aromatic carbocycles. The largest absolute Gasteiger partial charge is 0.384 e. The Kier molecular flexibility index (Phi) is 4.94. The van der Waals surface area contributed by atoms with Gasteiger partial charge in [0.15, 0.2) is 0 Å². The van der Waals surface area contributed by atoms with E-state index in [2.05, 4.69) is 0 Å². The van der Waals surface area contributed by atoms with Crippen LogP contribution in [0.15, 0.2) is 23.1 Å². The second kappa shape index (κ2) is 6.00. The van der Waals surface area contributed by atoms with Gasteiger partial charge in [-0.1, -0.05) is 17.7 Å². The van der Waals surface area contributed by atoms with Crippen molar-refractivity contribution in [1.82, 2.24) is 0 Å². The molecule has 0 aliphatic heterocycles. The van der Waals surface area contributed by atoms with E-state index in [-0.39, 0.29) is 5.84 Å². The predicted molar refractivity (Wildman–Crippen MR) is 65.1 cm³/mol. The third-order valence-electron chi connectivity index (χ3n) is 1.79. The molecule has 0 unspecified atom stereocenters. The van der Waals surface area contributed by atoms with Gasteiger partial charge < -0.3 is 10.5 Å². The molecule has 82 valence electrons. The summed E-state index contributed by atoms with van der Waals surface area (Å²) in [4.78, 5) is 0.923. The summed E-state index contributed by atoms with van der Waals surface area (Å²) in [5.74, 6) is 0.817. The maximum atomic E-state index is 7.45. The van der Waals surface area contributed by atoms with Crippen molar-refractivity contribution in [1.29, 1.82) is 5.41 Å². The zero-order valence-electron chi connectivity index (χ0n) is 8.42. The minimum atomic E-state index is 0.000479. The summed E-state index contributed by atoms with van der Waals surface area (Å²) in [5.41, 5.74) is 6.09. The highest BCUT2D eigenvalue weighted by atomic mass is 35.5. The quantitative estimate of drug-likeness (QED) is 0.362. The number of rotatable bonds is 5. The zero-order chi connectivity index (χ0) is 11.3. The molecule has 0 spiro atoms. The highest BCUT2D eigenvalue weighted by Crippen LogP contribution is 2.27. The van der Waals surface area contributed by atoms with Gasteiger partial charge in [0.1, 0.15) is 5.84 Å². The number of nitrogens with two attached hydrogens (primary N) is 1. The molecule has 0 aromatic heterocycles. The van der Waals surface area contributed by atoms with E-state index >= 15 is 0 Å². The van der Waals surface area contributed by atoms with Crippen LogP contribution in [0.1, 0.15) is 5.56 Å². The van der Waals surface area contributed by atoms with Crippen molar-refractivity contribution < 1.29 is 4.74 Å². The first-order valence-corrected chi connectivity index (χ1v) is 5.77. The Bertz CT molecular complexity index is 357. The molecule has 0 amide bonds. The Morgan fingerprint density at radius 1 is 1.60 bits per heavy atom. The van der Waals surface area contributed by atoms with Gasteiger partial charge in [-0.15, -0.1) is 11.8 Å². The number of thioether (sulfide) groups is 1. The second-order valence-corrected chi connectivity index (χ2v) is 4.41. The standard InChI is InChI=1S/C10H13ClN2OS/c1-14-5-6-15-8-4-2-3-7(11)9(8)10(12)13/h2-4H,5-6H2,1H3,(H3,12,13). The van der Waals surface area contributed by atoms with Crippen molar-refractivity contribution in [2.24, 2.45) is 5.73 Å². The normalized spacial score (nSPS) is 10.3. The summed E-state index contributed by atoms with van der Waals surface area (Å²) in [6.07, 6.45) is 0. The predicted octanol–water partition coefficient (Wildman–Crippen LogP) is 2.36. The number of benzene rings is 1. The summed E-state index contributed by atoms with van der Waals surface area (Å²) in [6, 6.07) is 5.49. The van der Waals surface area contributed by atoms with Crippen LogP contribution in [0, 0.1) is 5.41 Å². The molecule has 0 saturated heterocycles. The molecule has 3 N–H and O–H groups in total. The Morgan fingerprint density at radius 3 is 2.93 bits per heavy atom. The first-order valence-electron chi connectivity index (χ1n) is 4.41. The number of hydrogen-bond acceptors (Lipinski definition) is 3. The molecular formula is C10H13ClN2OS. The van der Waals surface area contributed by atoms with E-state index in [1.54, 1.807) is 24.9 Å². The van der Waals surface area contributed by atoms with Crippen LogP contribution >= 0.6 is 23.4 Å². The van der Waals surface area contributed by atoms with Gasteiger partial charge in [0.2, 0.25) is 0 Å². The van der Waals surface area contributed by atoms with Gasteiger partial charge in [-0.3, -0.25) is 5.41 Å². The van der Waals surface area contributed by atoms with Crippen LogP contribution in [0.2, 0.25) is 5.02 Å². The minimum absolute atomic E-state index is 0.000479. The van der Waals surface area contributed by atoms with Gasteiger partial charge in [-0.2, -0.15) is 0 Å². The lowest BCUT2D eigenvalue weighted by atomic mass is 10.2. The van der Waals surface area contributed by atoms with Gasteiger partial charge in [0.25, 0.3) is 0 Å². The molecular weight excluding hydrogens is 232 g/mol. The monoisotopic (exact) mass is 244 g/mol. The topological polar surface area (TPSA) is 59.1 Å². The second-order valence-electron chi connectivity index (χ2n) is 2.87. The van der Waals surface area contributed by atoms with Gasteiger partial charge in [-0.05, 0) is 12.1 Å². The summed E-state index contributed by atoms with van der Waals surface area (Å²) >= 11 is 7.56. The lowest BCUT2D eigenvalue weighted by molar-refractivity contribution is 0.218. The lowest BCUT2D eigenvalue weighted by Crippen LogP contribution is -2.13. The fraction of sp³-hybridized carbons (Fsp3) is 0.300. The zero-order valence-corrected chi connectivity index (χ0v) is 9.99. The SMILES string of the molecule is COCCSc1cccc(Cl)c1C(=N)N. The van der Waals surface area contributed by atoms with Crippen LogP contribution in [-0.2, 0) is 4.74 Å². The van der Waals surface area contributed by atoms with Crippen LogP contribution in [0.3, 0.4) is 0 Å². The molecule has 0 bridgehead atoms. The maximum Gasteiger partial charge on any atom is 0.125 e. The number of halogens is 1. The van der Waals surface area contributed by atoms with E-state index in [0.717, 1.165) is 10.6 Å². The van der Waals surface area contributed by atoms with Crippen LogP contribution in [-0.4, -0.2) is 25.3 Å². The van der Waals surface area contributed by atoms with Crippen LogP contribution in [0.25, 0.3) is 0 Å². The first-order chi connectivity index (χ1) is 7.16. The highest BCUT2D eigenvalue weighted by Gasteiger charge is 2.09. The highest BCUT2D eigenvalue weighted by molar-refractivity contribution is 7.99. The minimum Gasteiger partial charge on any atom is -0.384 e. The summed E-state index contributed by atoms with van der Waals surface area (Å²) in [5, 5.41) is 7.96. The summed E-state index contributed by atoms with van der Waals surface area (Å²) in [7, 11) is 1.66. The van der Waals surface area contributed by atoms with E-state index in [1.165, 1.54) is 0 Å². The van der Waals surface area contributed by atoms with E-state index < -0.39 is 0 Å². The Balaban J connectivity index is 2.86. The summed E-state index contributed by atoms with van der Waals surface area (Å²) in [6.45, 7) is 0.661. The van der Waals surface area contributed by atoms with Crippen molar-refractivity contribution in [3.63, 3.8) is 0 Å². The third-order valence-corrected chi connectivity index (χ3v) is 3.13. The number of nitrogen functional groups attached to an aromatic ring is 1. The molecule has 0 atom stereocenters. The average molecular weight is 245 g/mol. The molecule has 0 fully saturated rings. The van der Waals surface area contributed by atoms with Crippen molar-refractivity contribution in [2.45, 2.75) is 4.90 Å². The Hall–Kier alpha value is -0.710. The molecule has 5 heteroatoms. The van der Waals surface area contributed by atoms with E-state index in [1.807, 2.05) is 12.1 Å². The Labute approximate surface area is 98.5 Å². The molecule has 0 radical (unpaired) electrons. The number of methoxy groups -OCH3 is 1. The number of nitrogens with one attached hydrogen (secondary N) is 1. The molecule has 0 saturated carbocycles. The van der Waals surface area contributed by atoms with E-state index in [0.29, 0.717) is 17.2 Å². The lowest BCUT2D eigenvalue weighted by Gasteiger charge is -2.09. The molecule has 1 aromatic rings. The molecule has 15 heavy (non-hydrogen) atoms. The number of hydrogen-bond donors (Lipinski definition) is 2. The fourth-order valence-corrected chi connectivity index (χ4v) is 2.46. The van der Waals surface area contributed by atoms with Gasteiger partial charge in [-0.25, -0.2) is 0 Å². The molecule has 3 nitrogen and oxygen atoms in total. The van der Waals surface area contributed by atoms with Crippen molar-refractivity contribution in [2.75, 3.05) is 19.5 Å². The van der Waals surface area contributed by atoms with E-state index in [4.69, 9.17) is 27.5 Å². The van der Waals surface area contributed by atoms with Crippen LogP contribution in [0.4, 0.5) is 0 Å². The first kappa shape index (κ1) is 12.4. The fourth-order valence-electron chi connectivity index (χ4n) is 1.12. The van der Waals surface area contributed by atoms with Gasteiger partial charge >= 0.3 is 0 Å². The van der Waals surface area contributed by atoms with Crippen molar-refractivity contribution in [3.8, 4) is 0 Å². The molecule has 1 rings (SSSR count). The van der Waals surface area contributed by atoms with E-state index in [9.17, 15) is 0 Å². The average Bonchev–Trinajstić information content (AvgIpc) is 2.17. The maximum absolute atomic E-state index is 7.45. The van der Waals surface area contributed by atoms with Gasteiger partial charge in [0.05, 0.1) is 11.6 Å². The van der Waals surface area contributed by atoms with Crippen LogP contribution < -0.4 is 5.73 Å². The smallest absolute Gasteiger partial charge is 0.125 e. The third kappa shape index (κ3) is 3.41. The van der Waals surface area contributed by atoms with Crippen molar-refractivity contribution >= 4 is 29.2 Å². The summed E-state index contributed by atoms with van der Waals surface area (Å²) < 4.78 is 4.96. The molecule has 0 aliphatic rings. The molecule has 0 aliphatic carbocycles. The van der Waals surface area contributed by atoms with Crippen LogP contribution in [0.5, 0.6) is 0 Å². The molecule has 0 heterocycles. The Morgan fingerprint density at radius 2 is 2.33 bits per heavy atom. The number of ether oxygens (including phenoxy) is 1. The number of amidine groups is 1.